The van der Waals surface area contributed by atoms with Gasteiger partial charge in [0.25, 0.3) is 0 Å². The lowest BCUT2D eigenvalue weighted by molar-refractivity contribution is 0.588. The van der Waals surface area contributed by atoms with Crippen LogP contribution in [0.2, 0.25) is 0 Å². The Hall–Kier alpha value is -0.785. The molecule has 0 saturated carbocycles. The Balaban J connectivity index is 3.06. The topological polar surface area (TPSA) is 12.9 Å². The van der Waals surface area contributed by atoms with E-state index in [1.165, 1.54) is 5.56 Å². The van der Waals surface area contributed by atoms with Gasteiger partial charge in [0.2, 0.25) is 0 Å². The summed E-state index contributed by atoms with van der Waals surface area (Å²) < 4.78 is 0. The number of nitrogens with zero attached hydrogens (tertiary/aromatic N) is 1. The maximum absolute atomic E-state index is 5.59. The highest BCUT2D eigenvalue weighted by Crippen LogP contribution is 2.19. The molecule has 1 rings (SSSR count). The van der Waals surface area contributed by atoms with E-state index in [1.807, 2.05) is 12.3 Å². The van der Waals surface area contributed by atoms with Gasteiger partial charge >= 0.3 is 0 Å². The summed E-state index contributed by atoms with van der Waals surface area (Å²) in [5.74, 6) is 0. The van der Waals surface area contributed by atoms with E-state index in [4.69, 9.17) is 7.85 Å². The lowest BCUT2D eigenvalue weighted by Gasteiger charge is -2.18. The first-order valence-electron chi connectivity index (χ1n) is 3.71. The fourth-order valence-corrected chi connectivity index (χ4v) is 0.868. The van der Waals surface area contributed by atoms with Crippen LogP contribution in [0.3, 0.4) is 0 Å². The Morgan fingerprint density at radius 1 is 1.27 bits per heavy atom. The molecule has 0 bridgehead atoms. The van der Waals surface area contributed by atoms with Gasteiger partial charge in [-0.3, -0.25) is 4.98 Å². The molecule has 0 atom stereocenters. The minimum Gasteiger partial charge on any atom is -0.265 e. The van der Waals surface area contributed by atoms with Gasteiger partial charge in [-0.15, -0.1) is 0 Å². The van der Waals surface area contributed by atoms with Gasteiger partial charge in [0.1, 0.15) is 7.85 Å². The van der Waals surface area contributed by atoms with Gasteiger partial charge in [0.15, 0.2) is 0 Å². The smallest absolute Gasteiger partial charge is 0.115 e. The molecule has 1 heterocycles. The van der Waals surface area contributed by atoms with Crippen LogP contribution < -0.4 is 5.46 Å². The van der Waals surface area contributed by atoms with Crippen LogP contribution in [0.15, 0.2) is 18.5 Å². The zero-order valence-electron chi connectivity index (χ0n) is 7.26. The molecule has 2 radical (unpaired) electrons. The quantitative estimate of drug-likeness (QED) is 0.499. The lowest BCUT2D eigenvalue weighted by atomic mass is 9.85. The zero-order valence-corrected chi connectivity index (χ0v) is 7.26. The number of hydrogen-bond donors (Lipinski definition) is 0. The molecule has 0 saturated heterocycles. The third-order valence-electron chi connectivity index (χ3n) is 1.63. The highest BCUT2D eigenvalue weighted by Gasteiger charge is 2.12. The highest BCUT2D eigenvalue weighted by molar-refractivity contribution is 6.32. The van der Waals surface area contributed by atoms with Crippen LogP contribution in [-0.2, 0) is 5.41 Å². The van der Waals surface area contributed by atoms with Crippen molar-refractivity contribution in [2.75, 3.05) is 0 Å². The van der Waals surface area contributed by atoms with E-state index >= 15 is 0 Å². The normalized spacial score (nSPS) is 11.5. The molecule has 1 nitrogen and oxygen atoms in total. The molecule has 0 aliphatic carbocycles. The van der Waals surface area contributed by atoms with Crippen LogP contribution in [0.25, 0.3) is 0 Å². The van der Waals surface area contributed by atoms with Gasteiger partial charge in [-0.1, -0.05) is 32.3 Å². The number of aromatic nitrogens is 1. The Kier molecular flexibility index (Phi) is 2.03. The average Bonchev–Trinajstić information content (AvgIpc) is 1.86. The van der Waals surface area contributed by atoms with Crippen molar-refractivity contribution in [3.05, 3.63) is 24.0 Å². The molecular formula is C9H12BN. The minimum atomic E-state index is 0.141. The third kappa shape index (κ3) is 2.07. The first-order valence-corrected chi connectivity index (χ1v) is 3.71. The van der Waals surface area contributed by atoms with Crippen molar-refractivity contribution in [1.29, 1.82) is 0 Å². The molecule has 0 amide bonds. The zero-order chi connectivity index (χ0) is 8.48. The summed E-state index contributed by atoms with van der Waals surface area (Å²) in [6.07, 6.45) is 3.52. The number of pyridine rings is 1. The van der Waals surface area contributed by atoms with Gasteiger partial charge < -0.3 is 0 Å². The van der Waals surface area contributed by atoms with Crippen molar-refractivity contribution in [3.8, 4) is 0 Å². The Morgan fingerprint density at radius 2 is 1.91 bits per heavy atom. The molecule has 0 spiro atoms. The predicted octanol–water partition coefficient (Wildman–Crippen LogP) is 1.17. The molecule has 2 heteroatoms. The van der Waals surface area contributed by atoms with E-state index in [0.717, 1.165) is 5.46 Å². The molecule has 0 aliphatic heterocycles. The average molecular weight is 145 g/mol. The van der Waals surface area contributed by atoms with Crippen molar-refractivity contribution in [2.24, 2.45) is 0 Å². The summed E-state index contributed by atoms with van der Waals surface area (Å²) in [6, 6.07) is 1.97. The van der Waals surface area contributed by atoms with E-state index in [2.05, 4.69) is 25.8 Å². The molecule has 1 aromatic rings. The summed E-state index contributed by atoms with van der Waals surface area (Å²) in [5.41, 5.74) is 2.05. The molecule has 0 unspecified atom stereocenters. The first-order chi connectivity index (χ1) is 5.00. The number of rotatable bonds is 0. The van der Waals surface area contributed by atoms with Crippen LogP contribution >= 0.6 is 0 Å². The van der Waals surface area contributed by atoms with Crippen molar-refractivity contribution >= 4 is 13.3 Å². The SMILES string of the molecule is [B]c1cncc(C(C)(C)C)c1. The van der Waals surface area contributed by atoms with Crippen molar-refractivity contribution in [1.82, 2.24) is 4.98 Å². The van der Waals surface area contributed by atoms with E-state index < -0.39 is 0 Å². The van der Waals surface area contributed by atoms with E-state index in [0.29, 0.717) is 0 Å². The van der Waals surface area contributed by atoms with Crippen LogP contribution in [-0.4, -0.2) is 12.8 Å². The summed E-state index contributed by atoms with van der Waals surface area (Å²) in [6.45, 7) is 6.43. The van der Waals surface area contributed by atoms with Crippen molar-refractivity contribution in [2.45, 2.75) is 26.2 Å². The van der Waals surface area contributed by atoms with E-state index in [-0.39, 0.29) is 5.41 Å². The van der Waals surface area contributed by atoms with Gasteiger partial charge in [0, 0.05) is 12.4 Å². The second-order valence-electron chi connectivity index (χ2n) is 3.76. The standard InChI is InChI=1S/C9H12BN/c1-9(2,3)7-4-8(10)6-11-5-7/h4-6H,1-3H3. The molecular weight excluding hydrogens is 133 g/mol. The van der Waals surface area contributed by atoms with Gasteiger partial charge in [-0.05, 0) is 11.0 Å². The van der Waals surface area contributed by atoms with Crippen LogP contribution in [0.5, 0.6) is 0 Å². The summed E-state index contributed by atoms with van der Waals surface area (Å²) in [5, 5.41) is 0. The lowest BCUT2D eigenvalue weighted by Crippen LogP contribution is -2.15. The molecule has 1 aromatic heterocycles. The second kappa shape index (κ2) is 2.69. The first kappa shape index (κ1) is 8.31. The fraction of sp³-hybridized carbons (Fsp3) is 0.444. The van der Waals surface area contributed by atoms with Gasteiger partial charge in [-0.25, -0.2) is 0 Å². The summed E-state index contributed by atoms with van der Waals surface area (Å²) in [7, 11) is 5.59. The highest BCUT2D eigenvalue weighted by atomic mass is 14.6. The maximum atomic E-state index is 5.59. The van der Waals surface area contributed by atoms with E-state index in [9.17, 15) is 0 Å². The molecule has 11 heavy (non-hydrogen) atoms. The Morgan fingerprint density at radius 3 is 2.27 bits per heavy atom. The van der Waals surface area contributed by atoms with Crippen LogP contribution in [0.1, 0.15) is 26.3 Å². The second-order valence-corrected chi connectivity index (χ2v) is 3.76. The van der Waals surface area contributed by atoms with Crippen molar-refractivity contribution in [3.63, 3.8) is 0 Å². The van der Waals surface area contributed by atoms with E-state index in [1.54, 1.807) is 6.20 Å². The molecule has 0 fully saturated rings. The monoisotopic (exact) mass is 145 g/mol. The number of hydrogen-bond acceptors (Lipinski definition) is 1. The predicted molar refractivity (Wildman–Crippen MR) is 48.3 cm³/mol. The maximum Gasteiger partial charge on any atom is 0.115 e. The molecule has 0 aromatic carbocycles. The largest absolute Gasteiger partial charge is 0.265 e. The minimum absolute atomic E-state index is 0.141. The summed E-state index contributed by atoms with van der Waals surface area (Å²) >= 11 is 0. The molecule has 0 N–H and O–H groups in total. The van der Waals surface area contributed by atoms with Crippen LogP contribution in [0.4, 0.5) is 0 Å². The Labute approximate surface area is 69.3 Å². The van der Waals surface area contributed by atoms with Crippen molar-refractivity contribution < 1.29 is 0 Å². The third-order valence-corrected chi connectivity index (χ3v) is 1.63. The Bertz CT molecular complexity index is 250. The van der Waals surface area contributed by atoms with Crippen LogP contribution in [0, 0.1) is 0 Å². The molecule has 0 aliphatic rings. The summed E-state index contributed by atoms with van der Waals surface area (Å²) in [4.78, 5) is 4.03. The van der Waals surface area contributed by atoms with Gasteiger partial charge in [-0.2, -0.15) is 0 Å². The fourth-order valence-electron chi connectivity index (χ4n) is 0.868. The van der Waals surface area contributed by atoms with Gasteiger partial charge in [0.05, 0.1) is 0 Å². The molecule has 56 valence electrons.